The summed E-state index contributed by atoms with van der Waals surface area (Å²) in [7, 11) is -3.86. The predicted molar refractivity (Wildman–Crippen MR) is 119 cm³/mol. The predicted octanol–water partition coefficient (Wildman–Crippen LogP) is 1.35. The summed E-state index contributed by atoms with van der Waals surface area (Å²) in [5, 5.41) is 10.2. The number of amides is 2. The van der Waals surface area contributed by atoms with Gasteiger partial charge < -0.3 is 10.6 Å². The molecule has 0 atom stereocenters. The number of rotatable bonds is 3. The minimum absolute atomic E-state index is 0.117. The lowest BCUT2D eigenvalue weighted by Gasteiger charge is -2.11. The Bertz CT molecular complexity index is 1380. The van der Waals surface area contributed by atoms with E-state index in [0.29, 0.717) is 17.4 Å². The van der Waals surface area contributed by atoms with E-state index >= 15 is 0 Å². The van der Waals surface area contributed by atoms with Crippen molar-refractivity contribution in [1.29, 1.82) is 0 Å². The molecule has 2 aromatic carbocycles. The van der Waals surface area contributed by atoms with Crippen LogP contribution in [0.3, 0.4) is 0 Å². The van der Waals surface area contributed by atoms with Crippen LogP contribution < -0.4 is 21.3 Å². The molecule has 0 unspecified atom stereocenters. The summed E-state index contributed by atoms with van der Waals surface area (Å²) < 4.78 is 24.3. The van der Waals surface area contributed by atoms with E-state index in [0.717, 1.165) is 31.5 Å². The molecule has 3 aromatic rings. The van der Waals surface area contributed by atoms with Gasteiger partial charge in [0.1, 0.15) is 5.82 Å². The van der Waals surface area contributed by atoms with E-state index in [1.165, 1.54) is 30.3 Å². The molecule has 1 aliphatic heterocycles. The van der Waals surface area contributed by atoms with E-state index in [1.54, 1.807) is 16.7 Å². The summed E-state index contributed by atoms with van der Waals surface area (Å²) in [5.41, 5.74) is 0.888. The molecule has 166 valence electrons. The van der Waals surface area contributed by atoms with E-state index in [4.69, 9.17) is 5.14 Å². The summed E-state index contributed by atoms with van der Waals surface area (Å²) >= 11 is 0. The van der Waals surface area contributed by atoms with Crippen LogP contribution in [0.25, 0.3) is 10.9 Å². The minimum atomic E-state index is -3.86. The van der Waals surface area contributed by atoms with Crippen LogP contribution >= 0.6 is 0 Å². The average Bonchev–Trinajstić information content (AvgIpc) is 3.00. The third-order valence-electron chi connectivity index (χ3n) is 5.22. The van der Waals surface area contributed by atoms with Crippen molar-refractivity contribution in [3.8, 4) is 0 Å². The van der Waals surface area contributed by atoms with Crippen molar-refractivity contribution in [2.75, 3.05) is 10.6 Å². The number of primary sulfonamides is 1. The van der Waals surface area contributed by atoms with E-state index in [2.05, 4.69) is 15.6 Å². The highest BCUT2D eigenvalue weighted by atomic mass is 32.2. The Kier molecular flexibility index (Phi) is 5.76. The fourth-order valence-corrected chi connectivity index (χ4v) is 4.11. The van der Waals surface area contributed by atoms with Gasteiger partial charge in [0.05, 0.1) is 15.8 Å². The Morgan fingerprint density at radius 3 is 2.28 bits per heavy atom. The van der Waals surface area contributed by atoms with Crippen LogP contribution in [-0.4, -0.2) is 29.8 Å². The molecular weight excluding hydrogens is 434 g/mol. The van der Waals surface area contributed by atoms with E-state index in [9.17, 15) is 22.8 Å². The number of carbonyl (C=O) groups excluding carboxylic acids is 2. The Balaban J connectivity index is 1.51. The topological polar surface area (TPSA) is 153 Å². The second-order valence-electron chi connectivity index (χ2n) is 7.51. The summed E-state index contributed by atoms with van der Waals surface area (Å²) in [6, 6.07) is 9.80. The van der Waals surface area contributed by atoms with Gasteiger partial charge >= 0.3 is 11.8 Å². The maximum atomic E-state index is 12.9. The van der Waals surface area contributed by atoms with Gasteiger partial charge in [-0.25, -0.2) is 18.5 Å². The quantitative estimate of drug-likeness (QED) is 0.507. The first-order chi connectivity index (χ1) is 15.2. The number of nitrogens with two attached hydrogens (primary N) is 1. The van der Waals surface area contributed by atoms with Crippen LogP contribution in [0.2, 0.25) is 0 Å². The average molecular weight is 455 g/mol. The Labute approximate surface area is 183 Å². The molecule has 0 saturated carbocycles. The molecule has 0 saturated heterocycles. The molecule has 0 radical (unpaired) electrons. The molecular formula is C21H21N5O5S. The number of fused-ring (bicyclic) bond motifs is 2. The Hall–Kier alpha value is -3.57. The molecule has 32 heavy (non-hydrogen) atoms. The first-order valence-corrected chi connectivity index (χ1v) is 11.6. The van der Waals surface area contributed by atoms with Crippen molar-refractivity contribution in [2.24, 2.45) is 5.14 Å². The molecule has 4 N–H and O–H groups in total. The lowest BCUT2D eigenvalue weighted by Crippen LogP contribution is -2.29. The minimum Gasteiger partial charge on any atom is -0.318 e. The third kappa shape index (κ3) is 4.53. The fourth-order valence-electron chi connectivity index (χ4n) is 3.60. The lowest BCUT2D eigenvalue weighted by atomic mass is 10.2. The van der Waals surface area contributed by atoms with Crippen molar-refractivity contribution < 1.29 is 18.0 Å². The number of anilines is 2. The van der Waals surface area contributed by atoms with Crippen LogP contribution in [0, 0.1) is 0 Å². The van der Waals surface area contributed by atoms with Crippen molar-refractivity contribution in [3.05, 3.63) is 58.6 Å². The number of aromatic nitrogens is 2. The first kappa shape index (κ1) is 21.7. The molecule has 10 nitrogen and oxygen atoms in total. The smallest absolute Gasteiger partial charge is 0.314 e. The largest absolute Gasteiger partial charge is 0.318 e. The molecule has 2 heterocycles. The number of benzene rings is 2. The van der Waals surface area contributed by atoms with E-state index in [-0.39, 0.29) is 21.8 Å². The molecule has 0 aliphatic carbocycles. The van der Waals surface area contributed by atoms with Crippen LogP contribution in [0.15, 0.2) is 52.2 Å². The number of sulfonamides is 1. The monoisotopic (exact) mass is 455 g/mol. The molecule has 4 rings (SSSR count). The van der Waals surface area contributed by atoms with Crippen molar-refractivity contribution >= 4 is 44.1 Å². The highest BCUT2D eigenvalue weighted by molar-refractivity contribution is 7.89. The second kappa shape index (κ2) is 8.52. The maximum Gasteiger partial charge on any atom is 0.314 e. The SMILES string of the molecule is NS(=O)(=O)c1ccc(NC(=O)C(=O)Nc2ccc3nc4n(c(=O)c3c2)CCCCC4)cc1. The van der Waals surface area contributed by atoms with Gasteiger partial charge in [-0.2, -0.15) is 0 Å². The third-order valence-corrected chi connectivity index (χ3v) is 6.15. The number of nitrogens with one attached hydrogen (secondary N) is 2. The summed E-state index contributed by atoms with van der Waals surface area (Å²) in [4.78, 5) is 41.9. The number of nitrogens with zero attached hydrogens (tertiary/aromatic N) is 2. The summed E-state index contributed by atoms with van der Waals surface area (Å²) in [5.74, 6) is -1.13. The van der Waals surface area contributed by atoms with Crippen LogP contribution in [0.5, 0.6) is 0 Å². The number of aryl methyl sites for hydroxylation is 1. The number of hydrogen-bond acceptors (Lipinski definition) is 6. The van der Waals surface area contributed by atoms with Crippen LogP contribution in [0.1, 0.15) is 25.1 Å². The highest BCUT2D eigenvalue weighted by Gasteiger charge is 2.17. The standard InChI is InChI=1S/C21H21N5O5S/c22-32(30,31)15-8-5-13(6-9-15)23-19(27)20(28)24-14-7-10-17-16(12-14)21(29)26-11-3-1-2-4-18(26)25-17/h5-10,12H,1-4,11H2,(H,23,27)(H,24,28)(H2,22,30,31). The maximum absolute atomic E-state index is 12.9. The van der Waals surface area contributed by atoms with Crippen molar-refractivity contribution in [1.82, 2.24) is 9.55 Å². The molecule has 0 bridgehead atoms. The van der Waals surface area contributed by atoms with Crippen molar-refractivity contribution in [3.63, 3.8) is 0 Å². The van der Waals surface area contributed by atoms with Gasteiger partial charge in [0.2, 0.25) is 10.0 Å². The first-order valence-electron chi connectivity index (χ1n) is 10.0. The Morgan fingerprint density at radius 1 is 0.938 bits per heavy atom. The van der Waals surface area contributed by atoms with Crippen LogP contribution in [-0.2, 0) is 32.6 Å². The highest BCUT2D eigenvalue weighted by Crippen LogP contribution is 2.19. The zero-order chi connectivity index (χ0) is 22.9. The molecule has 2 amide bonds. The fraction of sp³-hybridized carbons (Fsp3) is 0.238. The zero-order valence-corrected chi connectivity index (χ0v) is 17.8. The number of carbonyl (C=O) groups is 2. The van der Waals surface area contributed by atoms with Gasteiger partial charge in [0.15, 0.2) is 0 Å². The zero-order valence-electron chi connectivity index (χ0n) is 17.0. The van der Waals surface area contributed by atoms with E-state index < -0.39 is 21.8 Å². The van der Waals surface area contributed by atoms with Gasteiger partial charge in [-0.1, -0.05) is 6.42 Å². The molecule has 1 aliphatic rings. The van der Waals surface area contributed by atoms with Gasteiger partial charge in [-0.3, -0.25) is 19.0 Å². The van der Waals surface area contributed by atoms with Gasteiger partial charge in [-0.05, 0) is 55.3 Å². The molecule has 0 spiro atoms. The molecule has 0 fully saturated rings. The Morgan fingerprint density at radius 2 is 1.59 bits per heavy atom. The van der Waals surface area contributed by atoms with Gasteiger partial charge in [0.25, 0.3) is 5.56 Å². The second-order valence-corrected chi connectivity index (χ2v) is 9.07. The number of hydrogen-bond donors (Lipinski definition) is 3. The molecule has 11 heteroatoms. The van der Waals surface area contributed by atoms with Crippen molar-refractivity contribution in [2.45, 2.75) is 37.1 Å². The summed E-state index contributed by atoms with van der Waals surface area (Å²) in [6.07, 6.45) is 3.70. The van der Waals surface area contributed by atoms with E-state index in [1.807, 2.05) is 0 Å². The van der Waals surface area contributed by atoms with Gasteiger partial charge in [-0.15, -0.1) is 0 Å². The van der Waals surface area contributed by atoms with Gasteiger partial charge in [0, 0.05) is 24.3 Å². The molecule has 1 aromatic heterocycles. The normalized spacial score (nSPS) is 13.8. The lowest BCUT2D eigenvalue weighted by molar-refractivity contribution is -0.132. The summed E-state index contributed by atoms with van der Waals surface area (Å²) in [6.45, 7) is 0.611. The van der Waals surface area contributed by atoms with Crippen LogP contribution in [0.4, 0.5) is 11.4 Å².